The van der Waals surface area contributed by atoms with Crippen LogP contribution in [0.1, 0.15) is 30.9 Å². The predicted octanol–water partition coefficient (Wildman–Crippen LogP) is 3.93. The summed E-state index contributed by atoms with van der Waals surface area (Å²) in [7, 11) is -3.73. The summed E-state index contributed by atoms with van der Waals surface area (Å²) in [6, 6.07) is 10.4. The topological polar surface area (TPSA) is 92.3 Å². The monoisotopic (exact) mass is 432 g/mol. The molecule has 2 aromatic rings. The lowest BCUT2D eigenvalue weighted by Gasteiger charge is -2.16. The Labute approximate surface area is 175 Å². The molecule has 3 rings (SSSR count). The van der Waals surface area contributed by atoms with Crippen molar-refractivity contribution in [3.05, 3.63) is 47.5 Å². The molecule has 0 fully saturated rings. The number of hydrogen-bond acceptors (Lipinski definition) is 5. The van der Waals surface area contributed by atoms with Gasteiger partial charge in [0.1, 0.15) is 0 Å². The molecule has 1 aliphatic heterocycles. The Bertz CT molecular complexity index is 1060. The van der Waals surface area contributed by atoms with Crippen molar-refractivity contribution in [2.24, 2.45) is 0 Å². The number of hydrogen-bond donors (Lipinski definition) is 2. The van der Waals surface area contributed by atoms with E-state index >= 15 is 0 Å². The van der Waals surface area contributed by atoms with Crippen LogP contribution in [0.2, 0.25) is 0 Å². The molecule has 2 N–H and O–H groups in total. The van der Waals surface area contributed by atoms with Crippen molar-refractivity contribution in [1.82, 2.24) is 0 Å². The second-order valence-electron chi connectivity index (χ2n) is 7.23. The number of carbonyl (C=O) groups excluding carboxylic acids is 2. The van der Waals surface area contributed by atoms with Crippen LogP contribution in [-0.2, 0) is 19.4 Å². The quantitative estimate of drug-likeness (QED) is 0.747. The summed E-state index contributed by atoms with van der Waals surface area (Å²) in [5, 5.41) is 4.64. The molecule has 1 atom stereocenters. The first-order valence-corrected chi connectivity index (χ1v) is 11.9. The minimum Gasteiger partial charge on any atom is -0.326 e. The van der Waals surface area contributed by atoms with E-state index in [1.165, 1.54) is 30.8 Å². The second kappa shape index (κ2) is 8.59. The van der Waals surface area contributed by atoms with Gasteiger partial charge in [-0.15, -0.1) is 11.8 Å². The molecule has 0 aromatic heterocycles. The third-order valence-corrected chi connectivity index (χ3v) is 8.01. The van der Waals surface area contributed by atoms with Crippen LogP contribution in [0.25, 0.3) is 0 Å². The van der Waals surface area contributed by atoms with Crippen molar-refractivity contribution in [1.29, 1.82) is 0 Å². The van der Waals surface area contributed by atoms with Gasteiger partial charge in [0, 0.05) is 29.2 Å². The van der Waals surface area contributed by atoms with Crippen LogP contribution in [0.3, 0.4) is 0 Å². The molecule has 0 saturated carbocycles. The molecule has 0 bridgehead atoms. The van der Waals surface area contributed by atoms with E-state index in [0.29, 0.717) is 23.5 Å². The molecule has 0 aliphatic carbocycles. The Morgan fingerprint density at radius 3 is 2.69 bits per heavy atom. The molecule has 1 heterocycles. The third kappa shape index (κ3) is 5.00. The van der Waals surface area contributed by atoms with Gasteiger partial charge in [0.2, 0.25) is 11.8 Å². The molecule has 6 nitrogen and oxygen atoms in total. The van der Waals surface area contributed by atoms with Crippen LogP contribution >= 0.6 is 11.8 Å². The number of amides is 2. The van der Waals surface area contributed by atoms with Crippen LogP contribution in [0, 0.1) is 13.8 Å². The molecular formula is C21H24N2O4S2. The Hall–Kier alpha value is -2.32. The summed E-state index contributed by atoms with van der Waals surface area (Å²) in [6.07, 6.45) is 0.226. The van der Waals surface area contributed by atoms with E-state index in [4.69, 9.17) is 0 Å². The maximum Gasteiger partial charge on any atom is 0.225 e. The summed E-state index contributed by atoms with van der Waals surface area (Å²) in [6.45, 7) is 5.38. The van der Waals surface area contributed by atoms with Gasteiger partial charge in [-0.25, -0.2) is 8.42 Å². The number of anilines is 2. The van der Waals surface area contributed by atoms with Gasteiger partial charge in [0.15, 0.2) is 9.84 Å². The number of sulfone groups is 1. The summed E-state index contributed by atoms with van der Waals surface area (Å²) in [5.41, 5.74) is 3.19. The fraction of sp³-hybridized carbons (Fsp3) is 0.333. The third-order valence-electron chi connectivity index (χ3n) is 4.80. The Morgan fingerprint density at radius 2 is 1.97 bits per heavy atom. The van der Waals surface area contributed by atoms with Gasteiger partial charge in [-0.2, -0.15) is 0 Å². The Morgan fingerprint density at radius 1 is 1.21 bits per heavy atom. The average molecular weight is 433 g/mol. The van der Waals surface area contributed by atoms with E-state index < -0.39 is 15.1 Å². The minimum atomic E-state index is -3.73. The first-order valence-electron chi connectivity index (χ1n) is 9.34. The number of thioether (sulfide) groups is 1. The van der Waals surface area contributed by atoms with Gasteiger partial charge in [0.25, 0.3) is 0 Å². The van der Waals surface area contributed by atoms with Crippen LogP contribution in [0.5, 0.6) is 0 Å². The largest absolute Gasteiger partial charge is 0.326 e. The smallest absolute Gasteiger partial charge is 0.225 e. The predicted molar refractivity (Wildman–Crippen MR) is 116 cm³/mol. The van der Waals surface area contributed by atoms with Crippen molar-refractivity contribution in [2.75, 3.05) is 16.4 Å². The van der Waals surface area contributed by atoms with E-state index in [1.54, 1.807) is 6.07 Å². The minimum absolute atomic E-state index is 0.103. The molecular weight excluding hydrogens is 408 g/mol. The molecule has 0 spiro atoms. The number of rotatable bonds is 5. The first kappa shape index (κ1) is 21.4. The maximum atomic E-state index is 13.0. The zero-order valence-electron chi connectivity index (χ0n) is 16.6. The summed E-state index contributed by atoms with van der Waals surface area (Å²) < 4.78 is 26.0. The second-order valence-corrected chi connectivity index (χ2v) is 10.7. The van der Waals surface area contributed by atoms with Crippen molar-refractivity contribution < 1.29 is 18.0 Å². The van der Waals surface area contributed by atoms with E-state index in [0.717, 1.165) is 16.0 Å². The van der Waals surface area contributed by atoms with Gasteiger partial charge < -0.3 is 10.6 Å². The zero-order chi connectivity index (χ0) is 21.2. The van der Waals surface area contributed by atoms with Crippen LogP contribution in [0.15, 0.2) is 46.2 Å². The summed E-state index contributed by atoms with van der Waals surface area (Å²) in [5.74, 6) is 0.165. The Balaban J connectivity index is 1.75. The number of nitrogens with one attached hydrogen (secondary N) is 2. The van der Waals surface area contributed by atoms with Crippen molar-refractivity contribution >= 4 is 44.8 Å². The van der Waals surface area contributed by atoms with Crippen LogP contribution in [-0.4, -0.2) is 31.2 Å². The Kier molecular flexibility index (Phi) is 6.33. The number of benzene rings is 2. The lowest BCUT2D eigenvalue weighted by molar-refractivity contribution is -0.116. The van der Waals surface area contributed by atoms with Gasteiger partial charge >= 0.3 is 0 Å². The van der Waals surface area contributed by atoms with E-state index in [-0.39, 0.29) is 23.1 Å². The molecule has 0 saturated heterocycles. The molecule has 29 heavy (non-hydrogen) atoms. The normalized spacial score (nSPS) is 15.1. The number of aryl methyl sites for hydroxylation is 2. The molecule has 154 valence electrons. The highest BCUT2D eigenvalue weighted by molar-refractivity contribution is 7.99. The molecule has 0 radical (unpaired) electrons. The van der Waals surface area contributed by atoms with Crippen molar-refractivity contribution in [2.45, 2.75) is 48.7 Å². The summed E-state index contributed by atoms with van der Waals surface area (Å²) >= 11 is 1.51. The average Bonchev–Trinajstić information content (AvgIpc) is 2.83. The number of fused-ring (bicyclic) bond motifs is 1. The fourth-order valence-corrected chi connectivity index (χ4v) is 5.45. The molecule has 2 amide bonds. The molecule has 1 aliphatic rings. The van der Waals surface area contributed by atoms with E-state index in [2.05, 4.69) is 10.6 Å². The lowest BCUT2D eigenvalue weighted by Crippen LogP contribution is -2.25. The van der Waals surface area contributed by atoms with Gasteiger partial charge in [-0.05, 0) is 50.6 Å². The van der Waals surface area contributed by atoms with Gasteiger partial charge in [0.05, 0.1) is 15.8 Å². The van der Waals surface area contributed by atoms with Crippen LogP contribution in [0.4, 0.5) is 11.4 Å². The SMILES string of the molecule is Cc1ccc(NC(=O)C[C@H](C)S(=O)(=O)c2ccc3c(c2)NC(=O)CCS3)c(C)c1. The van der Waals surface area contributed by atoms with E-state index in [1.807, 2.05) is 32.0 Å². The molecule has 8 heteroatoms. The number of carbonyl (C=O) groups is 2. The lowest BCUT2D eigenvalue weighted by atomic mass is 10.1. The first-order chi connectivity index (χ1) is 13.7. The maximum absolute atomic E-state index is 13.0. The van der Waals surface area contributed by atoms with Crippen molar-refractivity contribution in [3.63, 3.8) is 0 Å². The standard InChI is InChI=1S/C21H24N2O4S2/c1-13-4-6-17(14(2)10-13)22-21(25)11-15(3)29(26,27)16-5-7-19-18(12-16)23-20(24)8-9-28-19/h4-7,10,12,15H,8-9,11H2,1-3H3,(H,22,25)(H,23,24)/t15-/m0/s1. The van der Waals surface area contributed by atoms with Crippen molar-refractivity contribution in [3.8, 4) is 0 Å². The highest BCUT2D eigenvalue weighted by atomic mass is 32.2. The van der Waals surface area contributed by atoms with Gasteiger partial charge in [-0.1, -0.05) is 17.7 Å². The molecule has 0 unspecified atom stereocenters. The highest BCUT2D eigenvalue weighted by Crippen LogP contribution is 2.33. The van der Waals surface area contributed by atoms with Crippen LogP contribution < -0.4 is 10.6 Å². The molecule has 2 aromatic carbocycles. The van der Waals surface area contributed by atoms with E-state index in [9.17, 15) is 18.0 Å². The fourth-order valence-electron chi connectivity index (χ4n) is 3.13. The zero-order valence-corrected chi connectivity index (χ0v) is 18.2. The highest BCUT2D eigenvalue weighted by Gasteiger charge is 2.27. The van der Waals surface area contributed by atoms with Gasteiger partial charge in [-0.3, -0.25) is 9.59 Å². The summed E-state index contributed by atoms with van der Waals surface area (Å²) in [4.78, 5) is 25.1.